The Kier molecular flexibility index (Phi) is 20.4. The molecule has 1 fully saturated rings. The number of hydrogen-bond acceptors (Lipinski definition) is 10. The van der Waals surface area contributed by atoms with E-state index in [0.29, 0.717) is 19.6 Å². The van der Waals surface area contributed by atoms with E-state index in [1.165, 1.54) is 25.7 Å². The molecule has 0 aromatic rings. The van der Waals surface area contributed by atoms with Gasteiger partial charge >= 0.3 is 34.2 Å². The topological polar surface area (TPSA) is 151 Å². The molecule has 0 bridgehead atoms. The molecule has 0 radical (unpaired) electrons. The lowest BCUT2D eigenvalue weighted by Gasteiger charge is -2.50. The summed E-state index contributed by atoms with van der Waals surface area (Å²) < 4.78 is 29.0. The minimum absolute atomic E-state index is 0.650. The Balaban J connectivity index is 3.15. The minimum Gasteiger partial charge on any atom is -0.416 e. The van der Waals surface area contributed by atoms with Crippen LogP contribution in [0.4, 0.5) is 0 Å². The molecule has 0 saturated carbocycles. The van der Waals surface area contributed by atoms with Crippen LogP contribution in [0.15, 0.2) is 0 Å². The van der Waals surface area contributed by atoms with Crippen molar-refractivity contribution < 1.29 is 16.5 Å². The van der Waals surface area contributed by atoms with Gasteiger partial charge in [0.2, 0.25) is 0 Å². The first-order chi connectivity index (χ1) is 19.1. The Morgan fingerprint density at radius 3 is 1.02 bits per heavy atom. The van der Waals surface area contributed by atoms with E-state index in [1.54, 1.807) is 0 Å². The largest absolute Gasteiger partial charge is 0.416 e. The van der Waals surface area contributed by atoms with Crippen LogP contribution in [0, 0.1) is 0 Å². The Hall–Kier alpha value is 0.468. The van der Waals surface area contributed by atoms with Crippen LogP contribution in [0.5, 0.6) is 0 Å². The quantitative estimate of drug-likeness (QED) is 0.0687. The van der Waals surface area contributed by atoms with Gasteiger partial charge in [0.25, 0.3) is 0 Å². The molecule has 240 valence electrons. The number of nitrogens with two attached hydrogens (primary N) is 3. The zero-order valence-corrected chi connectivity index (χ0v) is 30.7. The van der Waals surface area contributed by atoms with E-state index in [1.807, 2.05) is 0 Å². The summed E-state index contributed by atoms with van der Waals surface area (Å²) in [5.41, 5.74) is 17.0. The van der Waals surface area contributed by atoms with Crippen LogP contribution >= 0.6 is 0 Å². The number of nitrogens with one attached hydrogen (secondary N) is 3. The molecule has 14 heteroatoms. The van der Waals surface area contributed by atoms with Crippen LogP contribution in [-0.2, 0) is 16.5 Å². The molecular weight excluding hydrogens is 573 g/mol. The van der Waals surface area contributed by atoms with Crippen LogP contribution in [0.1, 0.15) is 58.3 Å². The molecule has 1 aliphatic rings. The molecule has 0 amide bonds. The van der Waals surface area contributed by atoms with Crippen LogP contribution in [0.2, 0.25) is 50.4 Å². The third kappa shape index (κ3) is 16.9. The molecule has 1 heterocycles. The van der Waals surface area contributed by atoms with Gasteiger partial charge in [-0.15, -0.1) is 0 Å². The van der Waals surface area contributed by atoms with Crippen molar-refractivity contribution in [2.45, 2.75) is 109 Å². The molecule has 10 nitrogen and oxygen atoms in total. The second-order valence-electron chi connectivity index (χ2n) is 12.0. The van der Waals surface area contributed by atoms with Gasteiger partial charge in [0.05, 0.1) is 0 Å². The van der Waals surface area contributed by atoms with Crippen molar-refractivity contribution in [2.24, 2.45) is 17.2 Å². The average Bonchev–Trinajstić information content (AvgIpc) is 2.87. The van der Waals surface area contributed by atoms with Crippen LogP contribution in [0.3, 0.4) is 0 Å². The third-order valence-corrected chi connectivity index (χ3v) is 26.2. The van der Waals surface area contributed by atoms with Crippen molar-refractivity contribution in [2.75, 3.05) is 58.9 Å². The summed E-state index contributed by atoms with van der Waals surface area (Å²) in [5.74, 6) is 0. The van der Waals surface area contributed by atoms with Gasteiger partial charge in [-0.25, -0.2) is 0 Å². The zero-order chi connectivity index (χ0) is 29.8. The summed E-state index contributed by atoms with van der Waals surface area (Å²) in [6.07, 6.45) is 9.22. The first-order valence-electron chi connectivity index (χ1n) is 16.1. The highest BCUT2D eigenvalue weighted by molar-refractivity contribution is 6.93. The van der Waals surface area contributed by atoms with Crippen molar-refractivity contribution in [3.63, 3.8) is 0 Å². The van der Waals surface area contributed by atoms with Crippen LogP contribution in [0.25, 0.3) is 0 Å². The summed E-state index contributed by atoms with van der Waals surface area (Å²) in [5, 5.41) is 10.3. The molecule has 0 aromatic carbocycles. The number of hydrogen-bond donors (Lipinski definition) is 6. The summed E-state index contributed by atoms with van der Waals surface area (Å²) >= 11 is 0. The van der Waals surface area contributed by atoms with Crippen LogP contribution in [-0.4, -0.2) is 93.1 Å². The second kappa shape index (κ2) is 21.2. The van der Waals surface area contributed by atoms with E-state index in [9.17, 15) is 0 Å². The Morgan fingerprint density at radius 2 is 0.725 bits per heavy atom. The van der Waals surface area contributed by atoms with E-state index in [2.05, 4.69) is 49.1 Å². The monoisotopic (exact) mass is 638 g/mol. The highest BCUT2D eigenvalue weighted by Crippen LogP contribution is 2.38. The molecule has 1 aliphatic heterocycles. The van der Waals surface area contributed by atoms with Gasteiger partial charge in [-0.3, -0.25) is 0 Å². The van der Waals surface area contributed by atoms with Gasteiger partial charge in [-0.05, 0) is 89.3 Å². The summed E-state index contributed by atoms with van der Waals surface area (Å²) in [6.45, 7) is 18.6. The Labute approximate surface area is 250 Å². The van der Waals surface area contributed by atoms with Gasteiger partial charge in [0, 0.05) is 39.3 Å². The van der Waals surface area contributed by atoms with E-state index in [4.69, 9.17) is 33.7 Å². The lowest BCUT2D eigenvalue weighted by atomic mass is 10.2. The van der Waals surface area contributed by atoms with E-state index in [0.717, 1.165) is 89.1 Å². The Morgan fingerprint density at radius 1 is 0.425 bits per heavy atom. The fourth-order valence-corrected chi connectivity index (χ4v) is 29.0. The molecule has 1 saturated heterocycles. The van der Waals surface area contributed by atoms with Crippen molar-refractivity contribution in [1.29, 1.82) is 0 Å². The molecule has 2 unspecified atom stereocenters. The molecule has 9 N–H and O–H groups in total. The molecular formula is C26H66N6O4Si4. The molecule has 2 atom stereocenters. The lowest BCUT2D eigenvalue weighted by Crippen LogP contribution is -2.67. The second-order valence-corrected chi connectivity index (χ2v) is 26.4. The van der Waals surface area contributed by atoms with E-state index >= 15 is 0 Å². The minimum atomic E-state index is -2.57. The molecule has 0 aromatic heterocycles. The van der Waals surface area contributed by atoms with E-state index < -0.39 is 34.2 Å². The fourth-order valence-electron chi connectivity index (χ4n) is 5.65. The van der Waals surface area contributed by atoms with E-state index in [-0.39, 0.29) is 0 Å². The zero-order valence-electron chi connectivity index (χ0n) is 26.7. The summed E-state index contributed by atoms with van der Waals surface area (Å²) in [7, 11) is -10.2. The highest BCUT2D eigenvalue weighted by atomic mass is 28.5. The molecule has 40 heavy (non-hydrogen) atoms. The average molecular weight is 639 g/mol. The van der Waals surface area contributed by atoms with Crippen LogP contribution < -0.4 is 33.2 Å². The van der Waals surface area contributed by atoms with Crippen molar-refractivity contribution in [1.82, 2.24) is 16.0 Å². The predicted octanol–water partition coefficient (Wildman–Crippen LogP) is 3.14. The van der Waals surface area contributed by atoms with Gasteiger partial charge in [0.1, 0.15) is 0 Å². The van der Waals surface area contributed by atoms with Crippen molar-refractivity contribution in [3.05, 3.63) is 0 Å². The molecule has 0 aliphatic carbocycles. The van der Waals surface area contributed by atoms with Crippen molar-refractivity contribution in [3.8, 4) is 0 Å². The fraction of sp³-hybridized carbons (Fsp3) is 1.00. The predicted molar refractivity (Wildman–Crippen MR) is 178 cm³/mol. The lowest BCUT2D eigenvalue weighted by molar-refractivity contribution is 0.220. The SMILES string of the molecule is CCCCCCC[Si]1(C)O[Si](C)(CCCNCCN)O[Si](C)(CCCNCCN)O[Si](C)(CCCNCCN)O1. The van der Waals surface area contributed by atoms with Gasteiger partial charge in [-0.1, -0.05) is 39.0 Å². The standard InChI is InChI=1S/C26H66N6O4Si4/c1-6-7-8-9-10-23-37(2)33-38(3,24-11-17-30-20-14-27)35-40(5,26-13-19-32-22-16-29)36-39(4,34-37)25-12-18-31-21-15-28/h30-32H,6-29H2,1-5H3. The highest BCUT2D eigenvalue weighted by Gasteiger charge is 2.56. The first-order valence-corrected chi connectivity index (χ1v) is 26.2. The maximum Gasteiger partial charge on any atom is 0.317 e. The number of rotatable bonds is 24. The maximum atomic E-state index is 7.27. The van der Waals surface area contributed by atoms with Crippen molar-refractivity contribution >= 4 is 34.2 Å². The number of unbranched alkanes of at least 4 members (excludes halogenated alkanes) is 4. The van der Waals surface area contributed by atoms with Gasteiger partial charge < -0.3 is 49.6 Å². The third-order valence-electron chi connectivity index (χ3n) is 7.38. The summed E-state index contributed by atoms with van der Waals surface area (Å²) in [6, 6.07) is 3.80. The van der Waals surface area contributed by atoms with Gasteiger partial charge in [0.15, 0.2) is 0 Å². The van der Waals surface area contributed by atoms with Gasteiger partial charge in [-0.2, -0.15) is 0 Å². The summed E-state index contributed by atoms with van der Waals surface area (Å²) in [4.78, 5) is 0. The molecule has 1 rings (SSSR count). The maximum absolute atomic E-state index is 7.27. The Bertz CT molecular complexity index is 532. The normalized spacial score (nSPS) is 29.4. The first kappa shape index (κ1) is 38.5. The molecule has 0 spiro atoms. The smallest absolute Gasteiger partial charge is 0.317 e.